The molecule has 0 aliphatic carbocycles. The van der Waals surface area contributed by atoms with Crippen molar-refractivity contribution in [3.05, 3.63) is 21.3 Å². The smallest absolute Gasteiger partial charge is 0.335 e. The van der Waals surface area contributed by atoms with Gasteiger partial charge in [0.15, 0.2) is 0 Å². The van der Waals surface area contributed by atoms with Crippen molar-refractivity contribution in [2.75, 3.05) is 0 Å². The largest absolute Gasteiger partial charge is 0.872 e. The van der Waals surface area contributed by atoms with Crippen molar-refractivity contribution in [3.8, 4) is 11.5 Å². The second-order valence-electron chi connectivity index (χ2n) is 2.11. The number of carboxylic acid groups (broad SMARTS) is 1. The Morgan fingerprint density at radius 2 is 2.08 bits per heavy atom. The lowest BCUT2D eigenvalue weighted by Gasteiger charge is -2.10. The number of hydrogen-bond donors (Lipinski definition) is 2. The quantitative estimate of drug-likeness (QED) is 0.744. The molecule has 0 saturated heterocycles. The van der Waals surface area contributed by atoms with E-state index < -0.39 is 11.7 Å². The molecule has 12 heavy (non-hydrogen) atoms. The summed E-state index contributed by atoms with van der Waals surface area (Å²) in [7, 11) is 0. The first-order chi connectivity index (χ1) is 5.52. The third-order valence-corrected chi connectivity index (χ3v) is 2.35. The molecule has 2 N–H and O–H groups in total. The first-order valence-corrected chi connectivity index (χ1v) is 4.03. The highest BCUT2D eigenvalue weighted by molar-refractivity contribution is 14.1. The lowest BCUT2D eigenvalue weighted by Crippen LogP contribution is -2.00. The maximum atomic E-state index is 10.9. The van der Waals surface area contributed by atoms with Crippen LogP contribution in [0.4, 0.5) is 0 Å². The maximum Gasteiger partial charge on any atom is 0.335 e. The lowest BCUT2D eigenvalue weighted by molar-refractivity contribution is -0.269. The molecule has 64 valence electrons. The molecule has 0 aliphatic rings. The lowest BCUT2D eigenvalue weighted by atomic mass is 10.2. The molecule has 1 aromatic carbocycles. The summed E-state index contributed by atoms with van der Waals surface area (Å²) in [6.07, 6.45) is 0. The summed E-state index contributed by atoms with van der Waals surface area (Å²) in [5.74, 6) is -1.99. The fourth-order valence-corrected chi connectivity index (χ4v) is 1.02. The van der Waals surface area contributed by atoms with E-state index in [0.717, 1.165) is 12.1 Å². The Morgan fingerprint density at radius 1 is 1.50 bits per heavy atom. The average Bonchev–Trinajstić information content (AvgIpc) is 1.99. The van der Waals surface area contributed by atoms with Crippen LogP contribution in [0, 0.1) is 3.57 Å². The van der Waals surface area contributed by atoms with Crippen molar-refractivity contribution in [2.45, 2.75) is 0 Å². The zero-order valence-corrected chi connectivity index (χ0v) is 7.90. The van der Waals surface area contributed by atoms with Crippen molar-refractivity contribution in [1.29, 1.82) is 0 Å². The fourth-order valence-electron chi connectivity index (χ4n) is 0.707. The molecule has 0 amide bonds. The number of aromatic carboxylic acids is 1. The van der Waals surface area contributed by atoms with Crippen LogP contribution in [0.3, 0.4) is 0 Å². The molecule has 1 aromatic rings. The SMILES string of the molecule is O=C(O)c1cc([O-])c(I)c(O)c1. The van der Waals surface area contributed by atoms with E-state index in [9.17, 15) is 9.90 Å². The molecule has 5 heteroatoms. The molecular formula is C7H4IO4-. The second-order valence-corrected chi connectivity index (χ2v) is 3.19. The molecular weight excluding hydrogens is 275 g/mol. The Balaban J connectivity index is 3.31. The van der Waals surface area contributed by atoms with Crippen LogP contribution in [-0.4, -0.2) is 16.2 Å². The minimum atomic E-state index is -1.22. The maximum absolute atomic E-state index is 10.9. The highest BCUT2D eigenvalue weighted by atomic mass is 127. The monoisotopic (exact) mass is 279 g/mol. The number of carbonyl (C=O) groups is 1. The van der Waals surface area contributed by atoms with Crippen LogP contribution in [0.15, 0.2) is 12.1 Å². The fraction of sp³-hybridized carbons (Fsp3) is 0. The van der Waals surface area contributed by atoms with Crippen LogP contribution in [0.2, 0.25) is 0 Å². The zero-order chi connectivity index (χ0) is 9.30. The zero-order valence-electron chi connectivity index (χ0n) is 5.74. The highest BCUT2D eigenvalue weighted by Crippen LogP contribution is 2.27. The van der Waals surface area contributed by atoms with E-state index in [4.69, 9.17) is 10.2 Å². The van der Waals surface area contributed by atoms with Crippen LogP contribution in [0.25, 0.3) is 0 Å². The number of carboxylic acids is 1. The summed E-state index contributed by atoms with van der Waals surface area (Å²) >= 11 is 1.65. The summed E-state index contributed by atoms with van der Waals surface area (Å²) in [6, 6.07) is 2.02. The molecule has 0 saturated carbocycles. The first-order valence-electron chi connectivity index (χ1n) is 2.95. The van der Waals surface area contributed by atoms with Gasteiger partial charge in [0.2, 0.25) is 0 Å². The molecule has 0 heterocycles. The van der Waals surface area contributed by atoms with Crippen molar-refractivity contribution < 1.29 is 20.1 Å². The number of phenolic OH excluding ortho intramolecular Hbond substituents is 1. The first kappa shape index (κ1) is 9.11. The van der Waals surface area contributed by atoms with Gasteiger partial charge in [0.05, 0.1) is 5.56 Å². The van der Waals surface area contributed by atoms with Crippen LogP contribution in [0.1, 0.15) is 10.4 Å². The minimum absolute atomic E-state index is 0.137. The summed E-state index contributed by atoms with van der Waals surface area (Å²) in [5, 5.41) is 28.5. The Hall–Kier alpha value is -0.980. The molecule has 1 rings (SSSR count). The van der Waals surface area contributed by atoms with E-state index in [1.165, 1.54) is 0 Å². The van der Waals surface area contributed by atoms with Gasteiger partial charge in [-0.3, -0.25) is 0 Å². The van der Waals surface area contributed by atoms with Gasteiger partial charge in [0.25, 0.3) is 0 Å². The van der Waals surface area contributed by atoms with Gasteiger partial charge < -0.3 is 15.3 Å². The van der Waals surface area contributed by atoms with Crippen LogP contribution in [0.5, 0.6) is 11.5 Å². The molecule has 4 nitrogen and oxygen atoms in total. The van der Waals surface area contributed by atoms with Crippen LogP contribution >= 0.6 is 22.6 Å². The summed E-state index contributed by atoms with van der Waals surface area (Å²) in [5.41, 5.74) is -0.196. The topological polar surface area (TPSA) is 80.6 Å². The van der Waals surface area contributed by atoms with Crippen LogP contribution in [-0.2, 0) is 0 Å². The normalized spacial score (nSPS) is 9.75. The predicted molar refractivity (Wildman–Crippen MR) is 47.2 cm³/mol. The van der Waals surface area contributed by atoms with Crippen LogP contribution < -0.4 is 5.11 Å². The van der Waals surface area contributed by atoms with Gasteiger partial charge in [-0.15, -0.1) is 0 Å². The van der Waals surface area contributed by atoms with E-state index in [-0.39, 0.29) is 14.9 Å². The van der Waals surface area contributed by atoms with E-state index in [2.05, 4.69) is 0 Å². The average molecular weight is 279 g/mol. The Kier molecular flexibility index (Phi) is 2.41. The van der Waals surface area contributed by atoms with Crippen molar-refractivity contribution >= 4 is 28.6 Å². The van der Waals surface area contributed by atoms with Gasteiger partial charge in [-0.2, -0.15) is 0 Å². The summed E-state index contributed by atoms with van der Waals surface area (Å²) in [6.45, 7) is 0. The number of halogens is 1. The summed E-state index contributed by atoms with van der Waals surface area (Å²) in [4.78, 5) is 10.4. The van der Waals surface area contributed by atoms with Gasteiger partial charge in [-0.25, -0.2) is 4.79 Å². The number of hydrogen-bond acceptors (Lipinski definition) is 3. The molecule has 0 radical (unpaired) electrons. The molecule has 0 aliphatic heterocycles. The van der Waals surface area contributed by atoms with Gasteiger partial charge in [0.1, 0.15) is 5.75 Å². The number of aromatic hydroxyl groups is 1. The van der Waals surface area contributed by atoms with E-state index >= 15 is 0 Å². The molecule has 0 atom stereocenters. The van der Waals surface area contributed by atoms with E-state index in [0.29, 0.717) is 0 Å². The van der Waals surface area contributed by atoms with Gasteiger partial charge >= 0.3 is 5.97 Å². The standard InChI is InChI=1S/C7H5IO4/c8-6-4(9)1-3(7(11)12)2-5(6)10/h1-2,9-10H,(H,11,12)/p-1. The van der Waals surface area contributed by atoms with Gasteiger partial charge in [-0.05, 0) is 28.7 Å². The Bertz CT molecular complexity index is 311. The van der Waals surface area contributed by atoms with Gasteiger partial charge in [0, 0.05) is 3.57 Å². The minimum Gasteiger partial charge on any atom is -0.872 e. The van der Waals surface area contributed by atoms with Gasteiger partial charge in [-0.1, -0.05) is 11.8 Å². The molecule has 0 fully saturated rings. The predicted octanol–water partition coefficient (Wildman–Crippen LogP) is 0.769. The molecule has 0 aromatic heterocycles. The summed E-state index contributed by atoms with van der Waals surface area (Å²) < 4.78 is 0.137. The Morgan fingerprint density at radius 3 is 2.50 bits per heavy atom. The molecule has 0 bridgehead atoms. The Labute approximate surface area is 81.6 Å². The van der Waals surface area contributed by atoms with Crippen molar-refractivity contribution in [1.82, 2.24) is 0 Å². The second kappa shape index (κ2) is 3.18. The van der Waals surface area contributed by atoms with Crippen molar-refractivity contribution in [3.63, 3.8) is 0 Å². The third kappa shape index (κ3) is 1.60. The third-order valence-electron chi connectivity index (χ3n) is 1.27. The van der Waals surface area contributed by atoms with E-state index in [1.807, 2.05) is 0 Å². The number of benzene rings is 1. The molecule has 0 spiro atoms. The highest BCUT2D eigenvalue weighted by Gasteiger charge is 2.06. The number of rotatable bonds is 1. The van der Waals surface area contributed by atoms with Crippen molar-refractivity contribution in [2.24, 2.45) is 0 Å². The number of phenols is 1. The van der Waals surface area contributed by atoms with E-state index in [1.54, 1.807) is 22.6 Å². The molecule has 0 unspecified atom stereocenters.